The van der Waals surface area contributed by atoms with Crippen molar-refractivity contribution in [3.05, 3.63) is 35.8 Å². The van der Waals surface area contributed by atoms with Gasteiger partial charge in [-0.05, 0) is 56.1 Å². The van der Waals surface area contributed by atoms with Crippen LogP contribution in [0.3, 0.4) is 0 Å². The summed E-state index contributed by atoms with van der Waals surface area (Å²) in [4.78, 5) is 12.7. The van der Waals surface area contributed by atoms with E-state index in [1.165, 1.54) is 25.7 Å². The van der Waals surface area contributed by atoms with Gasteiger partial charge in [0.2, 0.25) is 5.91 Å². The highest BCUT2D eigenvalue weighted by Crippen LogP contribution is 2.31. The lowest BCUT2D eigenvalue weighted by molar-refractivity contribution is -0.125. The predicted molar refractivity (Wildman–Crippen MR) is 106 cm³/mol. The Balaban J connectivity index is 2.76. The Labute approximate surface area is 154 Å². The molecule has 1 atom stereocenters. The van der Waals surface area contributed by atoms with E-state index in [1.807, 2.05) is 13.0 Å². The molecule has 3 nitrogen and oxygen atoms in total. The van der Waals surface area contributed by atoms with Crippen molar-refractivity contribution in [3.8, 4) is 0 Å². The van der Waals surface area contributed by atoms with Crippen LogP contribution in [0.15, 0.2) is 35.8 Å². The van der Waals surface area contributed by atoms with Crippen molar-refractivity contribution in [1.29, 1.82) is 0 Å². The minimum Gasteiger partial charge on any atom is -0.497 e. The summed E-state index contributed by atoms with van der Waals surface area (Å²) in [5, 5.41) is 3.16. The second kappa shape index (κ2) is 11.2. The van der Waals surface area contributed by atoms with Gasteiger partial charge in [-0.1, -0.05) is 52.7 Å². The van der Waals surface area contributed by atoms with Crippen molar-refractivity contribution in [2.45, 2.75) is 72.6 Å². The largest absolute Gasteiger partial charge is 0.497 e. The Hall–Kier alpha value is -1.51. The first kappa shape index (κ1) is 21.5. The van der Waals surface area contributed by atoms with Crippen molar-refractivity contribution in [2.24, 2.45) is 17.8 Å². The second-order valence-electron chi connectivity index (χ2n) is 7.46. The third-order valence-corrected chi connectivity index (χ3v) is 5.35. The van der Waals surface area contributed by atoms with E-state index in [0.29, 0.717) is 11.7 Å². The summed E-state index contributed by atoms with van der Waals surface area (Å²) in [5.74, 6) is 2.17. The molecule has 1 rings (SSSR count). The number of carbonyl (C=O) groups is 1. The van der Waals surface area contributed by atoms with Gasteiger partial charge in [-0.25, -0.2) is 0 Å². The zero-order valence-corrected chi connectivity index (χ0v) is 16.9. The molecule has 142 valence electrons. The molecular weight excluding hydrogens is 310 g/mol. The summed E-state index contributed by atoms with van der Waals surface area (Å²) in [6.07, 6.45) is 12.1. The molecule has 3 heteroatoms. The Bertz CT molecular complexity index is 496. The van der Waals surface area contributed by atoms with Crippen LogP contribution < -0.4 is 5.32 Å². The maximum absolute atomic E-state index is 12.7. The van der Waals surface area contributed by atoms with E-state index < -0.39 is 0 Å². The minimum atomic E-state index is 0.146. The molecule has 0 bridgehead atoms. The smallest absolute Gasteiger partial charge is 0.227 e. The SMILES string of the molecule is C=C(OC)/C(C)=C\C(=C/C(C)CC)NC(=O)C1CCC(CCC)CC1. The zero-order chi connectivity index (χ0) is 18.8. The normalized spacial score (nSPS) is 23.1. The lowest BCUT2D eigenvalue weighted by atomic mass is 9.79. The second-order valence-corrected chi connectivity index (χ2v) is 7.46. The van der Waals surface area contributed by atoms with E-state index in [0.717, 1.165) is 36.5 Å². The maximum atomic E-state index is 12.7. The molecule has 1 amide bonds. The minimum absolute atomic E-state index is 0.146. The Morgan fingerprint density at radius 2 is 1.92 bits per heavy atom. The standard InChI is InChI=1S/C22H37NO2/c1-7-9-19-10-12-20(13-11-19)22(24)23-21(14-16(3)8-2)15-17(4)18(5)25-6/h14-16,19-20H,5,7-13H2,1-4,6H3,(H,23,24)/b17-15-,21-14+. The Morgan fingerprint density at radius 1 is 1.28 bits per heavy atom. The van der Waals surface area contributed by atoms with Crippen molar-refractivity contribution in [1.82, 2.24) is 5.32 Å². The Kier molecular flexibility index (Phi) is 9.62. The fourth-order valence-electron chi connectivity index (χ4n) is 3.39. The van der Waals surface area contributed by atoms with Crippen LogP contribution in [0, 0.1) is 17.8 Å². The number of hydrogen-bond donors (Lipinski definition) is 1. The highest BCUT2D eigenvalue weighted by Gasteiger charge is 2.26. The third kappa shape index (κ3) is 7.50. The summed E-state index contributed by atoms with van der Waals surface area (Å²) in [5.41, 5.74) is 1.80. The van der Waals surface area contributed by atoms with Crippen LogP contribution in [0.1, 0.15) is 72.6 Å². The average molecular weight is 348 g/mol. The lowest BCUT2D eigenvalue weighted by Gasteiger charge is -2.27. The summed E-state index contributed by atoms with van der Waals surface area (Å²) < 4.78 is 5.20. The molecule has 0 aliphatic heterocycles. The van der Waals surface area contributed by atoms with Gasteiger partial charge in [-0.2, -0.15) is 0 Å². The number of carbonyl (C=O) groups excluding carboxylic acids is 1. The van der Waals surface area contributed by atoms with Crippen LogP contribution in [-0.2, 0) is 9.53 Å². The summed E-state index contributed by atoms with van der Waals surface area (Å²) in [6.45, 7) is 12.4. The number of ether oxygens (including phenoxy) is 1. The van der Waals surface area contributed by atoms with Gasteiger partial charge in [-0.3, -0.25) is 4.79 Å². The van der Waals surface area contributed by atoms with Gasteiger partial charge in [0.1, 0.15) is 5.76 Å². The fraction of sp³-hybridized carbons (Fsp3) is 0.682. The van der Waals surface area contributed by atoms with E-state index >= 15 is 0 Å². The van der Waals surface area contributed by atoms with Gasteiger partial charge < -0.3 is 10.1 Å². The maximum Gasteiger partial charge on any atom is 0.227 e. The highest BCUT2D eigenvalue weighted by molar-refractivity contribution is 5.81. The molecule has 25 heavy (non-hydrogen) atoms. The van der Waals surface area contributed by atoms with Crippen LogP contribution >= 0.6 is 0 Å². The van der Waals surface area contributed by atoms with E-state index in [9.17, 15) is 4.79 Å². The van der Waals surface area contributed by atoms with E-state index in [-0.39, 0.29) is 11.8 Å². The van der Waals surface area contributed by atoms with Crippen molar-refractivity contribution in [3.63, 3.8) is 0 Å². The highest BCUT2D eigenvalue weighted by atomic mass is 16.5. The molecule has 1 fully saturated rings. The number of nitrogens with one attached hydrogen (secondary N) is 1. The fourth-order valence-corrected chi connectivity index (χ4v) is 3.39. The monoisotopic (exact) mass is 347 g/mol. The topological polar surface area (TPSA) is 38.3 Å². The van der Waals surface area contributed by atoms with Gasteiger partial charge >= 0.3 is 0 Å². The summed E-state index contributed by atoms with van der Waals surface area (Å²) in [6, 6.07) is 0. The first-order valence-corrected chi connectivity index (χ1v) is 9.85. The van der Waals surface area contributed by atoms with Crippen LogP contribution in [0.5, 0.6) is 0 Å². The summed E-state index contributed by atoms with van der Waals surface area (Å²) >= 11 is 0. The van der Waals surface area contributed by atoms with Gasteiger partial charge in [0.05, 0.1) is 7.11 Å². The lowest BCUT2D eigenvalue weighted by Crippen LogP contribution is -2.32. The number of amides is 1. The summed E-state index contributed by atoms with van der Waals surface area (Å²) in [7, 11) is 1.62. The average Bonchev–Trinajstić information content (AvgIpc) is 2.61. The van der Waals surface area contributed by atoms with Crippen LogP contribution in [0.4, 0.5) is 0 Å². The molecule has 0 radical (unpaired) electrons. The first-order valence-electron chi connectivity index (χ1n) is 9.85. The zero-order valence-electron chi connectivity index (χ0n) is 16.9. The van der Waals surface area contributed by atoms with Gasteiger partial charge in [0.25, 0.3) is 0 Å². The van der Waals surface area contributed by atoms with Gasteiger partial charge in [-0.15, -0.1) is 0 Å². The van der Waals surface area contributed by atoms with Gasteiger partial charge in [0, 0.05) is 11.6 Å². The quantitative estimate of drug-likeness (QED) is 0.426. The molecule has 0 heterocycles. The van der Waals surface area contributed by atoms with Crippen molar-refractivity contribution < 1.29 is 9.53 Å². The molecule has 1 saturated carbocycles. The molecule has 0 saturated heterocycles. The van der Waals surface area contributed by atoms with E-state index in [1.54, 1.807) is 7.11 Å². The molecule has 0 spiro atoms. The number of methoxy groups -OCH3 is 1. The molecule has 1 N–H and O–H groups in total. The molecule has 1 aliphatic carbocycles. The van der Waals surface area contributed by atoms with Gasteiger partial charge in [0.15, 0.2) is 0 Å². The Morgan fingerprint density at radius 3 is 2.44 bits per heavy atom. The first-order chi connectivity index (χ1) is 11.9. The molecule has 0 aromatic heterocycles. The van der Waals surface area contributed by atoms with E-state index in [2.05, 4.69) is 38.7 Å². The third-order valence-electron chi connectivity index (χ3n) is 5.35. The van der Waals surface area contributed by atoms with Crippen LogP contribution in [-0.4, -0.2) is 13.0 Å². The predicted octanol–water partition coefficient (Wildman–Crippen LogP) is 5.75. The molecular formula is C22H37NO2. The molecule has 1 aliphatic rings. The number of hydrogen-bond acceptors (Lipinski definition) is 2. The molecule has 0 aromatic rings. The number of allylic oxidation sites excluding steroid dienone is 3. The van der Waals surface area contributed by atoms with Crippen LogP contribution in [0.2, 0.25) is 0 Å². The van der Waals surface area contributed by atoms with Crippen molar-refractivity contribution in [2.75, 3.05) is 7.11 Å². The molecule has 0 aromatic carbocycles. The van der Waals surface area contributed by atoms with Crippen LogP contribution in [0.25, 0.3) is 0 Å². The number of rotatable bonds is 9. The van der Waals surface area contributed by atoms with Crippen molar-refractivity contribution >= 4 is 5.91 Å². The van der Waals surface area contributed by atoms with E-state index in [4.69, 9.17) is 4.74 Å². The molecule has 1 unspecified atom stereocenters.